The standard InChI is InChI=1S/C18H21NO/c1-13(14-7-5-8-17(11-14)20-2)19-12-16-10-15-6-3-4-9-18(15)16/h3-9,11,13,16,19H,10,12H2,1-2H3/t13-,16?/m1/s1. The second kappa shape index (κ2) is 5.68. The minimum absolute atomic E-state index is 0.345. The summed E-state index contributed by atoms with van der Waals surface area (Å²) < 4.78 is 5.28. The second-order valence-electron chi connectivity index (χ2n) is 5.51. The Hall–Kier alpha value is -1.80. The van der Waals surface area contributed by atoms with E-state index in [4.69, 9.17) is 4.74 Å². The fraction of sp³-hybridized carbons (Fsp3) is 0.333. The summed E-state index contributed by atoms with van der Waals surface area (Å²) in [6.45, 7) is 3.24. The Bertz CT molecular complexity index is 593. The smallest absolute Gasteiger partial charge is 0.119 e. The molecule has 0 aliphatic heterocycles. The van der Waals surface area contributed by atoms with Gasteiger partial charge in [-0.1, -0.05) is 36.4 Å². The van der Waals surface area contributed by atoms with E-state index in [0.717, 1.165) is 12.3 Å². The van der Waals surface area contributed by atoms with Crippen molar-refractivity contribution in [3.63, 3.8) is 0 Å². The van der Waals surface area contributed by atoms with E-state index in [9.17, 15) is 0 Å². The predicted molar refractivity (Wildman–Crippen MR) is 82.3 cm³/mol. The molecule has 2 atom stereocenters. The minimum Gasteiger partial charge on any atom is -0.497 e. The van der Waals surface area contributed by atoms with E-state index in [-0.39, 0.29) is 0 Å². The van der Waals surface area contributed by atoms with E-state index < -0.39 is 0 Å². The summed E-state index contributed by atoms with van der Waals surface area (Å²) in [6.07, 6.45) is 1.20. The summed E-state index contributed by atoms with van der Waals surface area (Å²) in [6, 6.07) is 17.4. The van der Waals surface area contributed by atoms with Gasteiger partial charge in [-0.15, -0.1) is 0 Å². The van der Waals surface area contributed by atoms with Crippen LogP contribution in [0.15, 0.2) is 48.5 Å². The molecular weight excluding hydrogens is 246 g/mol. The van der Waals surface area contributed by atoms with E-state index >= 15 is 0 Å². The van der Waals surface area contributed by atoms with Gasteiger partial charge in [-0.25, -0.2) is 0 Å². The molecule has 1 N–H and O–H groups in total. The molecule has 0 fully saturated rings. The third-order valence-electron chi connectivity index (χ3n) is 4.23. The van der Waals surface area contributed by atoms with Crippen LogP contribution in [0, 0.1) is 0 Å². The number of ether oxygens (including phenoxy) is 1. The molecule has 3 rings (SSSR count). The van der Waals surface area contributed by atoms with Crippen LogP contribution in [-0.4, -0.2) is 13.7 Å². The molecule has 0 saturated heterocycles. The maximum absolute atomic E-state index is 5.28. The van der Waals surface area contributed by atoms with Crippen LogP contribution in [0.2, 0.25) is 0 Å². The Kier molecular flexibility index (Phi) is 3.75. The third kappa shape index (κ3) is 2.56. The first kappa shape index (κ1) is 13.2. The highest BCUT2D eigenvalue weighted by molar-refractivity contribution is 5.40. The number of hydrogen-bond donors (Lipinski definition) is 1. The first-order valence-corrected chi connectivity index (χ1v) is 7.23. The molecule has 0 heterocycles. The van der Waals surface area contributed by atoms with Gasteiger partial charge in [0.1, 0.15) is 5.75 Å². The Morgan fingerprint density at radius 1 is 1.20 bits per heavy atom. The minimum atomic E-state index is 0.345. The molecule has 0 saturated carbocycles. The number of hydrogen-bond acceptors (Lipinski definition) is 2. The third-order valence-corrected chi connectivity index (χ3v) is 4.23. The highest BCUT2D eigenvalue weighted by Crippen LogP contribution is 2.34. The molecule has 0 radical (unpaired) electrons. The van der Waals surface area contributed by atoms with Crippen LogP contribution in [0.4, 0.5) is 0 Å². The molecule has 0 spiro atoms. The second-order valence-corrected chi connectivity index (χ2v) is 5.51. The quantitative estimate of drug-likeness (QED) is 0.892. The Balaban J connectivity index is 1.59. The topological polar surface area (TPSA) is 21.3 Å². The molecule has 1 aliphatic carbocycles. The first-order chi connectivity index (χ1) is 9.78. The fourth-order valence-electron chi connectivity index (χ4n) is 2.89. The van der Waals surface area contributed by atoms with Crippen LogP contribution in [0.25, 0.3) is 0 Å². The lowest BCUT2D eigenvalue weighted by Gasteiger charge is -2.31. The Labute approximate surface area is 120 Å². The van der Waals surface area contributed by atoms with Crippen LogP contribution in [0.3, 0.4) is 0 Å². The summed E-state index contributed by atoms with van der Waals surface area (Å²) in [7, 11) is 1.71. The van der Waals surface area contributed by atoms with Crippen LogP contribution in [0.5, 0.6) is 5.75 Å². The first-order valence-electron chi connectivity index (χ1n) is 7.23. The molecule has 1 aliphatic rings. The van der Waals surface area contributed by atoms with Gasteiger partial charge in [0.2, 0.25) is 0 Å². The van der Waals surface area contributed by atoms with Crippen molar-refractivity contribution in [2.45, 2.75) is 25.3 Å². The van der Waals surface area contributed by atoms with Crippen molar-refractivity contribution in [1.82, 2.24) is 5.32 Å². The van der Waals surface area contributed by atoms with E-state index in [0.29, 0.717) is 12.0 Å². The van der Waals surface area contributed by atoms with Crippen LogP contribution >= 0.6 is 0 Å². The molecule has 2 nitrogen and oxygen atoms in total. The highest BCUT2D eigenvalue weighted by Gasteiger charge is 2.25. The van der Waals surface area contributed by atoms with Crippen molar-refractivity contribution in [2.75, 3.05) is 13.7 Å². The van der Waals surface area contributed by atoms with Crippen LogP contribution < -0.4 is 10.1 Å². The van der Waals surface area contributed by atoms with E-state index in [1.165, 1.54) is 23.1 Å². The Morgan fingerprint density at radius 3 is 2.85 bits per heavy atom. The lowest BCUT2D eigenvalue weighted by atomic mass is 9.77. The monoisotopic (exact) mass is 267 g/mol. The van der Waals surface area contributed by atoms with Gasteiger partial charge in [0.05, 0.1) is 7.11 Å². The SMILES string of the molecule is COc1cccc([C@@H](C)NCC2Cc3ccccc32)c1. The highest BCUT2D eigenvalue weighted by atomic mass is 16.5. The van der Waals surface area contributed by atoms with Gasteiger partial charge in [-0.2, -0.15) is 0 Å². The van der Waals surface area contributed by atoms with Gasteiger partial charge < -0.3 is 10.1 Å². The van der Waals surface area contributed by atoms with Gasteiger partial charge in [-0.05, 0) is 42.2 Å². The van der Waals surface area contributed by atoms with E-state index in [1.807, 2.05) is 12.1 Å². The number of rotatable bonds is 5. The van der Waals surface area contributed by atoms with Gasteiger partial charge in [0, 0.05) is 18.5 Å². The summed E-state index contributed by atoms with van der Waals surface area (Å²) in [5, 5.41) is 3.64. The van der Waals surface area contributed by atoms with Crippen molar-refractivity contribution in [3.05, 3.63) is 65.2 Å². The molecule has 104 valence electrons. The molecule has 1 unspecified atom stereocenters. The van der Waals surface area contributed by atoms with Gasteiger partial charge in [0.25, 0.3) is 0 Å². The molecule has 2 heteroatoms. The predicted octanol–water partition coefficient (Wildman–Crippen LogP) is 3.69. The number of fused-ring (bicyclic) bond motifs is 1. The van der Waals surface area contributed by atoms with Crippen molar-refractivity contribution in [1.29, 1.82) is 0 Å². The van der Waals surface area contributed by atoms with Crippen molar-refractivity contribution >= 4 is 0 Å². The average molecular weight is 267 g/mol. The molecule has 20 heavy (non-hydrogen) atoms. The maximum atomic E-state index is 5.28. The lowest BCUT2D eigenvalue weighted by molar-refractivity contribution is 0.413. The number of methoxy groups -OCH3 is 1. The normalized spacial score (nSPS) is 18.0. The van der Waals surface area contributed by atoms with E-state index in [1.54, 1.807) is 7.11 Å². The number of benzene rings is 2. The Morgan fingerprint density at radius 2 is 2.05 bits per heavy atom. The van der Waals surface area contributed by atoms with Crippen LogP contribution in [0.1, 0.15) is 35.6 Å². The van der Waals surface area contributed by atoms with E-state index in [2.05, 4.69) is 48.6 Å². The summed E-state index contributed by atoms with van der Waals surface area (Å²) in [4.78, 5) is 0. The molecule has 0 bridgehead atoms. The summed E-state index contributed by atoms with van der Waals surface area (Å²) >= 11 is 0. The molecule has 2 aromatic carbocycles. The fourth-order valence-corrected chi connectivity index (χ4v) is 2.89. The molecule has 0 aromatic heterocycles. The van der Waals surface area contributed by atoms with Gasteiger partial charge >= 0.3 is 0 Å². The maximum Gasteiger partial charge on any atom is 0.119 e. The molecular formula is C18H21NO. The van der Waals surface area contributed by atoms with Gasteiger partial charge in [-0.3, -0.25) is 0 Å². The van der Waals surface area contributed by atoms with Crippen molar-refractivity contribution in [2.24, 2.45) is 0 Å². The molecule has 0 amide bonds. The van der Waals surface area contributed by atoms with Crippen molar-refractivity contribution < 1.29 is 4.74 Å². The summed E-state index contributed by atoms with van der Waals surface area (Å²) in [5.41, 5.74) is 4.29. The lowest BCUT2D eigenvalue weighted by Crippen LogP contribution is -2.30. The van der Waals surface area contributed by atoms with Gasteiger partial charge in [0.15, 0.2) is 0 Å². The largest absolute Gasteiger partial charge is 0.497 e. The van der Waals surface area contributed by atoms with Crippen LogP contribution in [-0.2, 0) is 6.42 Å². The average Bonchev–Trinajstić information content (AvgIpc) is 2.48. The van der Waals surface area contributed by atoms with Crippen molar-refractivity contribution in [3.8, 4) is 5.75 Å². The zero-order chi connectivity index (χ0) is 13.9. The zero-order valence-corrected chi connectivity index (χ0v) is 12.1. The number of nitrogens with one attached hydrogen (secondary N) is 1. The molecule has 2 aromatic rings. The zero-order valence-electron chi connectivity index (χ0n) is 12.1. The summed E-state index contributed by atoms with van der Waals surface area (Å²) in [5.74, 6) is 1.59.